The lowest BCUT2D eigenvalue weighted by molar-refractivity contribution is -0.143. The minimum atomic E-state index is -4.48. The van der Waals surface area contributed by atoms with Gasteiger partial charge in [0.25, 0.3) is 0 Å². The number of nitrogens with one attached hydrogen (secondary N) is 1. The van der Waals surface area contributed by atoms with Crippen LogP contribution < -0.4 is 10.8 Å². The van der Waals surface area contributed by atoms with Gasteiger partial charge in [-0.05, 0) is 12.3 Å². The molecule has 2 aromatic rings. The largest absolute Gasteiger partial charge is 0.468 e. The first kappa shape index (κ1) is 24.5. The Labute approximate surface area is 183 Å². The first-order valence-electron chi connectivity index (χ1n) is 9.81. The average Bonchev–Trinajstić information content (AvgIpc) is 3.27. The Morgan fingerprint density at radius 1 is 1.34 bits per heavy atom. The summed E-state index contributed by atoms with van der Waals surface area (Å²) in [6.45, 7) is 3.13. The minimum Gasteiger partial charge on any atom is -0.468 e. The molecule has 32 heavy (non-hydrogen) atoms. The molecule has 1 aliphatic heterocycles. The minimum absolute atomic E-state index is 0.0327. The molecule has 178 valence electrons. The second-order valence-corrected chi connectivity index (χ2v) is 9.34. The number of rotatable bonds is 9. The Kier molecular flexibility index (Phi) is 7.45. The molecule has 14 nitrogen and oxygen atoms in total. The molecular weight excluding hydrogens is 447 g/mol. The summed E-state index contributed by atoms with van der Waals surface area (Å²) in [6, 6.07) is -1.06. The van der Waals surface area contributed by atoms with Gasteiger partial charge in [-0.1, -0.05) is 13.8 Å². The highest BCUT2D eigenvalue weighted by Gasteiger charge is 2.45. The highest BCUT2D eigenvalue weighted by atomic mass is 31.2. The molecule has 0 saturated carbocycles. The SMILES string of the molecule is COC(=O)[C@H](CC(C)C)NP(=O)(O)OC[C@H]1O[C@@H](n2cnc3c(N)ncnc32)[C@H](O)[C@@H]1O. The molecule has 1 saturated heterocycles. The van der Waals surface area contributed by atoms with Crippen LogP contribution in [-0.2, 0) is 23.4 Å². The Morgan fingerprint density at radius 2 is 2.06 bits per heavy atom. The monoisotopic (exact) mass is 474 g/mol. The molecule has 0 bridgehead atoms. The quantitative estimate of drug-likeness (QED) is 0.226. The molecule has 0 amide bonds. The Hall–Kier alpha value is -2.19. The zero-order valence-corrected chi connectivity index (χ0v) is 18.6. The average molecular weight is 474 g/mol. The molecule has 3 heterocycles. The van der Waals surface area contributed by atoms with Crippen LogP contribution in [0.4, 0.5) is 5.82 Å². The van der Waals surface area contributed by atoms with E-state index in [0.717, 1.165) is 0 Å². The maximum absolute atomic E-state index is 12.5. The zero-order valence-electron chi connectivity index (χ0n) is 17.7. The molecule has 15 heteroatoms. The Balaban J connectivity index is 1.68. The lowest BCUT2D eigenvalue weighted by Crippen LogP contribution is -2.38. The molecule has 1 unspecified atom stereocenters. The summed E-state index contributed by atoms with van der Waals surface area (Å²) in [4.78, 5) is 34.0. The van der Waals surface area contributed by atoms with Gasteiger partial charge in [-0.25, -0.2) is 24.6 Å². The number of aromatic nitrogens is 4. The van der Waals surface area contributed by atoms with Crippen LogP contribution in [0.1, 0.15) is 26.5 Å². The van der Waals surface area contributed by atoms with Crippen LogP contribution in [0.25, 0.3) is 11.2 Å². The third-order valence-electron chi connectivity index (χ3n) is 4.92. The van der Waals surface area contributed by atoms with Crippen LogP contribution in [0.2, 0.25) is 0 Å². The van der Waals surface area contributed by atoms with Crippen molar-refractivity contribution < 1.29 is 38.5 Å². The number of nitrogens with zero attached hydrogens (tertiary/aromatic N) is 4. The van der Waals surface area contributed by atoms with Gasteiger partial charge in [-0.15, -0.1) is 0 Å². The number of ether oxygens (including phenoxy) is 2. The number of hydrogen-bond donors (Lipinski definition) is 5. The van der Waals surface area contributed by atoms with Crippen LogP contribution in [0, 0.1) is 5.92 Å². The van der Waals surface area contributed by atoms with Gasteiger partial charge in [0.05, 0.1) is 20.0 Å². The second-order valence-electron chi connectivity index (χ2n) is 7.78. The lowest BCUT2D eigenvalue weighted by Gasteiger charge is -2.23. The highest BCUT2D eigenvalue weighted by molar-refractivity contribution is 7.50. The molecule has 0 spiro atoms. The van der Waals surface area contributed by atoms with E-state index < -0.39 is 50.9 Å². The summed E-state index contributed by atoms with van der Waals surface area (Å²) in [5.74, 6) is -0.543. The topological polar surface area (TPSA) is 204 Å². The first-order chi connectivity index (χ1) is 15.0. The van der Waals surface area contributed by atoms with E-state index in [4.69, 9.17) is 15.0 Å². The van der Waals surface area contributed by atoms with Crippen molar-refractivity contribution in [2.75, 3.05) is 19.5 Å². The predicted molar refractivity (Wildman–Crippen MR) is 110 cm³/mol. The maximum atomic E-state index is 12.5. The number of carbonyl (C=O) groups excluding carboxylic acids is 1. The first-order valence-corrected chi connectivity index (χ1v) is 11.4. The molecule has 0 aromatic carbocycles. The summed E-state index contributed by atoms with van der Waals surface area (Å²) in [6.07, 6.45) is -2.33. The number of aliphatic hydroxyl groups is 2. The third-order valence-corrected chi connectivity index (χ3v) is 6.06. The standard InChI is InChI=1S/C17H27N6O8P/c1-8(2)4-9(17(26)29-3)22-32(27,28)30-5-10-12(24)13(25)16(31-10)23-7-21-11-14(18)19-6-20-15(11)23/h6-10,12-13,16,24-25H,4-5H2,1-3H3,(H2,18,19,20)(H2,22,27,28)/t9-,10+,12+,13+,16+/m0/s1. The second kappa shape index (κ2) is 9.75. The molecule has 0 radical (unpaired) electrons. The van der Waals surface area contributed by atoms with Crippen LogP contribution in [0.15, 0.2) is 12.7 Å². The fourth-order valence-electron chi connectivity index (χ4n) is 3.38. The van der Waals surface area contributed by atoms with E-state index in [1.54, 1.807) is 0 Å². The van der Waals surface area contributed by atoms with Crippen molar-refractivity contribution in [2.45, 2.75) is 50.8 Å². The van der Waals surface area contributed by atoms with E-state index in [0.29, 0.717) is 5.52 Å². The molecule has 6 N–H and O–H groups in total. The number of nitrogen functional groups attached to an aromatic ring is 1. The smallest absolute Gasteiger partial charge is 0.403 e. The number of nitrogens with two attached hydrogens (primary N) is 1. The van der Waals surface area contributed by atoms with Crippen molar-refractivity contribution in [3.63, 3.8) is 0 Å². The van der Waals surface area contributed by atoms with Gasteiger partial charge in [0.2, 0.25) is 0 Å². The van der Waals surface area contributed by atoms with E-state index >= 15 is 0 Å². The highest BCUT2D eigenvalue weighted by Crippen LogP contribution is 2.40. The van der Waals surface area contributed by atoms with Crippen LogP contribution >= 0.6 is 7.75 Å². The number of anilines is 1. The van der Waals surface area contributed by atoms with Crippen LogP contribution in [0.5, 0.6) is 0 Å². The van der Waals surface area contributed by atoms with E-state index in [1.165, 1.54) is 24.3 Å². The fraction of sp³-hybridized carbons (Fsp3) is 0.647. The predicted octanol–water partition coefficient (Wildman–Crippen LogP) is -0.678. The molecule has 1 fully saturated rings. The van der Waals surface area contributed by atoms with Gasteiger partial charge in [0.1, 0.15) is 36.2 Å². The molecule has 6 atom stereocenters. The summed E-state index contributed by atoms with van der Waals surface area (Å²) >= 11 is 0. The van der Waals surface area contributed by atoms with Crippen molar-refractivity contribution in [1.29, 1.82) is 0 Å². The number of hydrogen-bond acceptors (Lipinski definition) is 11. The van der Waals surface area contributed by atoms with E-state index in [1.807, 2.05) is 13.8 Å². The Bertz CT molecular complexity index is 1000. The van der Waals surface area contributed by atoms with E-state index in [9.17, 15) is 24.5 Å². The molecule has 3 rings (SSSR count). The fourth-order valence-corrected chi connectivity index (χ4v) is 4.41. The van der Waals surface area contributed by atoms with Crippen molar-refractivity contribution in [1.82, 2.24) is 24.6 Å². The van der Waals surface area contributed by atoms with Crippen LogP contribution in [-0.4, -0.2) is 78.7 Å². The summed E-state index contributed by atoms with van der Waals surface area (Å²) < 4.78 is 29.2. The van der Waals surface area contributed by atoms with Crippen molar-refractivity contribution >= 4 is 30.7 Å². The normalized spacial score (nSPS) is 26.3. The summed E-state index contributed by atoms with van der Waals surface area (Å²) in [7, 11) is -3.31. The maximum Gasteiger partial charge on any atom is 0.403 e. The number of fused-ring (bicyclic) bond motifs is 1. The van der Waals surface area contributed by atoms with Gasteiger partial charge in [-0.2, -0.15) is 0 Å². The summed E-state index contributed by atoms with van der Waals surface area (Å²) in [5.41, 5.74) is 6.33. The van der Waals surface area contributed by atoms with Crippen molar-refractivity contribution in [3.05, 3.63) is 12.7 Å². The van der Waals surface area contributed by atoms with Crippen molar-refractivity contribution in [3.8, 4) is 0 Å². The van der Waals surface area contributed by atoms with Gasteiger partial charge in [-0.3, -0.25) is 13.9 Å². The lowest BCUT2D eigenvalue weighted by atomic mass is 10.1. The number of esters is 1. The van der Waals surface area contributed by atoms with Gasteiger partial charge in [0, 0.05) is 0 Å². The van der Waals surface area contributed by atoms with Gasteiger partial charge < -0.3 is 30.3 Å². The van der Waals surface area contributed by atoms with Gasteiger partial charge in [0.15, 0.2) is 17.7 Å². The van der Waals surface area contributed by atoms with Crippen LogP contribution in [0.3, 0.4) is 0 Å². The number of methoxy groups -OCH3 is 1. The molecule has 2 aromatic heterocycles. The third kappa shape index (κ3) is 5.23. The Morgan fingerprint density at radius 3 is 2.72 bits per heavy atom. The zero-order chi connectivity index (χ0) is 23.6. The molecule has 1 aliphatic rings. The number of aliphatic hydroxyl groups excluding tert-OH is 2. The molecular formula is C17H27N6O8P. The van der Waals surface area contributed by atoms with Gasteiger partial charge >= 0.3 is 13.7 Å². The van der Waals surface area contributed by atoms with Crippen molar-refractivity contribution in [2.24, 2.45) is 5.92 Å². The molecule has 0 aliphatic carbocycles. The van der Waals surface area contributed by atoms with E-state index in [2.05, 4.69) is 24.8 Å². The number of carbonyl (C=O) groups is 1. The summed E-state index contributed by atoms with van der Waals surface area (Å²) in [5, 5.41) is 23.1. The van der Waals surface area contributed by atoms with E-state index in [-0.39, 0.29) is 23.8 Å². The number of imidazole rings is 1.